The molecule has 1 aromatic rings. The van der Waals surface area contributed by atoms with Crippen molar-refractivity contribution in [2.75, 3.05) is 20.3 Å². The van der Waals surface area contributed by atoms with Crippen LogP contribution in [0.2, 0.25) is 0 Å². The predicted molar refractivity (Wildman–Crippen MR) is 81.5 cm³/mol. The molecule has 1 aliphatic carbocycles. The number of hydrogen-bond acceptors (Lipinski definition) is 3. The van der Waals surface area contributed by atoms with Crippen LogP contribution >= 0.6 is 0 Å². The van der Waals surface area contributed by atoms with Gasteiger partial charge in [-0.05, 0) is 42.4 Å². The molecule has 1 fully saturated rings. The van der Waals surface area contributed by atoms with Crippen LogP contribution in [0.3, 0.4) is 0 Å². The Morgan fingerprint density at radius 3 is 2.85 bits per heavy atom. The Kier molecular flexibility index (Phi) is 4.39. The fourth-order valence-corrected chi connectivity index (χ4v) is 3.19. The van der Waals surface area contributed by atoms with Crippen molar-refractivity contribution in [1.82, 2.24) is 10.2 Å². The Labute approximate surface area is 122 Å². The molecule has 1 heterocycles. The molecule has 0 amide bonds. The monoisotopic (exact) mass is 274 g/mol. The van der Waals surface area contributed by atoms with Gasteiger partial charge in [-0.1, -0.05) is 18.2 Å². The van der Waals surface area contributed by atoms with E-state index < -0.39 is 0 Å². The first-order valence-electron chi connectivity index (χ1n) is 7.82. The lowest BCUT2D eigenvalue weighted by Gasteiger charge is -2.29. The minimum atomic E-state index is 0.677. The molecule has 1 saturated carbocycles. The third-order valence-electron chi connectivity index (χ3n) is 4.75. The number of hydrogen-bond donors (Lipinski definition) is 1. The van der Waals surface area contributed by atoms with Gasteiger partial charge in [0.15, 0.2) is 0 Å². The fourth-order valence-electron chi connectivity index (χ4n) is 3.19. The summed E-state index contributed by atoms with van der Waals surface area (Å²) >= 11 is 0. The second-order valence-corrected chi connectivity index (χ2v) is 6.25. The van der Waals surface area contributed by atoms with E-state index in [0.717, 1.165) is 38.7 Å². The lowest BCUT2D eigenvalue weighted by atomic mass is 10.0. The molecule has 0 bridgehead atoms. The Balaban J connectivity index is 1.68. The highest BCUT2D eigenvalue weighted by Gasteiger charge is 2.31. The summed E-state index contributed by atoms with van der Waals surface area (Å²) in [6, 6.07) is 7.65. The Morgan fingerprint density at radius 2 is 2.10 bits per heavy atom. The van der Waals surface area contributed by atoms with Crippen LogP contribution in [0.4, 0.5) is 0 Å². The summed E-state index contributed by atoms with van der Waals surface area (Å²) < 4.78 is 5.28. The SMILES string of the molecule is COCCN(Cc1ccc2c(c1)CNC2)C(C)C1CC1. The molecule has 3 rings (SSSR count). The standard InChI is InChI=1S/C17H26N2O/c1-13(15-5-6-15)19(7-8-20-2)12-14-3-4-16-10-18-11-17(16)9-14/h3-4,9,13,15,18H,5-8,10-12H2,1-2H3. The maximum absolute atomic E-state index is 5.28. The Hall–Kier alpha value is -0.900. The summed E-state index contributed by atoms with van der Waals surface area (Å²) in [4.78, 5) is 2.59. The zero-order chi connectivity index (χ0) is 13.9. The smallest absolute Gasteiger partial charge is 0.0589 e. The van der Waals surface area contributed by atoms with Gasteiger partial charge in [0.25, 0.3) is 0 Å². The third kappa shape index (κ3) is 3.22. The van der Waals surface area contributed by atoms with E-state index in [2.05, 4.69) is 35.3 Å². The van der Waals surface area contributed by atoms with Crippen LogP contribution in [-0.4, -0.2) is 31.2 Å². The summed E-state index contributed by atoms with van der Waals surface area (Å²) in [5.41, 5.74) is 4.39. The van der Waals surface area contributed by atoms with Crippen LogP contribution in [0.25, 0.3) is 0 Å². The molecule has 1 aliphatic heterocycles. The van der Waals surface area contributed by atoms with E-state index in [1.165, 1.54) is 29.5 Å². The highest BCUT2D eigenvalue weighted by Crippen LogP contribution is 2.35. The van der Waals surface area contributed by atoms with Crippen molar-refractivity contribution in [3.63, 3.8) is 0 Å². The average molecular weight is 274 g/mol. The molecule has 1 N–H and O–H groups in total. The number of rotatable bonds is 7. The van der Waals surface area contributed by atoms with Crippen molar-refractivity contribution in [3.05, 3.63) is 34.9 Å². The fraction of sp³-hybridized carbons (Fsp3) is 0.647. The number of nitrogens with zero attached hydrogens (tertiary/aromatic N) is 1. The summed E-state index contributed by atoms with van der Waals surface area (Å²) in [5, 5.41) is 3.42. The van der Waals surface area contributed by atoms with Crippen LogP contribution in [0, 0.1) is 5.92 Å². The van der Waals surface area contributed by atoms with Crippen molar-refractivity contribution >= 4 is 0 Å². The number of fused-ring (bicyclic) bond motifs is 1. The van der Waals surface area contributed by atoms with Gasteiger partial charge in [0.05, 0.1) is 6.61 Å². The third-order valence-corrected chi connectivity index (χ3v) is 4.75. The van der Waals surface area contributed by atoms with Gasteiger partial charge >= 0.3 is 0 Å². The molecule has 20 heavy (non-hydrogen) atoms. The number of nitrogens with one attached hydrogen (secondary N) is 1. The summed E-state index contributed by atoms with van der Waals surface area (Å²) in [6.07, 6.45) is 2.80. The topological polar surface area (TPSA) is 24.5 Å². The summed E-state index contributed by atoms with van der Waals surface area (Å²) in [7, 11) is 1.79. The molecule has 1 aromatic carbocycles. The molecular weight excluding hydrogens is 248 g/mol. The Bertz CT molecular complexity index is 456. The molecule has 3 nitrogen and oxygen atoms in total. The van der Waals surface area contributed by atoms with Gasteiger partial charge in [0, 0.05) is 39.3 Å². The molecule has 0 aromatic heterocycles. The molecule has 2 aliphatic rings. The van der Waals surface area contributed by atoms with Gasteiger partial charge in [-0.15, -0.1) is 0 Å². The van der Waals surface area contributed by atoms with Crippen LogP contribution in [0.15, 0.2) is 18.2 Å². The minimum absolute atomic E-state index is 0.677. The molecule has 0 spiro atoms. The van der Waals surface area contributed by atoms with Crippen LogP contribution in [0.1, 0.15) is 36.5 Å². The van der Waals surface area contributed by atoms with Gasteiger partial charge in [-0.2, -0.15) is 0 Å². The van der Waals surface area contributed by atoms with E-state index in [-0.39, 0.29) is 0 Å². The van der Waals surface area contributed by atoms with Crippen LogP contribution in [-0.2, 0) is 24.4 Å². The van der Waals surface area contributed by atoms with Crippen molar-refractivity contribution in [2.45, 2.75) is 45.4 Å². The van der Waals surface area contributed by atoms with Gasteiger partial charge in [0.1, 0.15) is 0 Å². The highest BCUT2D eigenvalue weighted by atomic mass is 16.5. The lowest BCUT2D eigenvalue weighted by Crippen LogP contribution is -2.36. The largest absolute Gasteiger partial charge is 0.383 e. The molecule has 1 atom stereocenters. The molecule has 3 heteroatoms. The maximum Gasteiger partial charge on any atom is 0.0589 e. The second-order valence-electron chi connectivity index (χ2n) is 6.25. The number of methoxy groups -OCH3 is 1. The first-order valence-corrected chi connectivity index (χ1v) is 7.82. The van der Waals surface area contributed by atoms with Crippen molar-refractivity contribution in [1.29, 1.82) is 0 Å². The number of benzene rings is 1. The average Bonchev–Trinajstić information content (AvgIpc) is 3.21. The highest BCUT2D eigenvalue weighted by molar-refractivity contribution is 5.34. The van der Waals surface area contributed by atoms with E-state index in [1.807, 2.05) is 0 Å². The van der Waals surface area contributed by atoms with E-state index >= 15 is 0 Å². The Morgan fingerprint density at radius 1 is 1.30 bits per heavy atom. The second kappa shape index (κ2) is 6.25. The first kappa shape index (κ1) is 14.1. The zero-order valence-corrected chi connectivity index (χ0v) is 12.7. The first-order chi connectivity index (χ1) is 9.78. The number of ether oxygens (including phenoxy) is 1. The zero-order valence-electron chi connectivity index (χ0n) is 12.7. The minimum Gasteiger partial charge on any atom is -0.383 e. The quantitative estimate of drug-likeness (QED) is 0.827. The van der Waals surface area contributed by atoms with Crippen LogP contribution < -0.4 is 5.32 Å². The normalized spacial score (nSPS) is 19.4. The molecule has 0 saturated heterocycles. The van der Waals surface area contributed by atoms with E-state index in [4.69, 9.17) is 4.74 Å². The van der Waals surface area contributed by atoms with Gasteiger partial charge in [-0.3, -0.25) is 4.90 Å². The molecule has 110 valence electrons. The molecular formula is C17H26N2O. The maximum atomic E-state index is 5.28. The molecule has 0 radical (unpaired) electrons. The van der Waals surface area contributed by atoms with Crippen molar-refractivity contribution in [3.8, 4) is 0 Å². The molecule has 1 unspecified atom stereocenters. The predicted octanol–water partition coefficient (Wildman–Crippen LogP) is 2.54. The van der Waals surface area contributed by atoms with Crippen molar-refractivity contribution in [2.24, 2.45) is 5.92 Å². The van der Waals surface area contributed by atoms with Gasteiger partial charge in [-0.25, -0.2) is 0 Å². The summed E-state index contributed by atoms with van der Waals surface area (Å²) in [5.74, 6) is 0.906. The van der Waals surface area contributed by atoms with Gasteiger partial charge < -0.3 is 10.1 Å². The van der Waals surface area contributed by atoms with E-state index in [1.54, 1.807) is 7.11 Å². The van der Waals surface area contributed by atoms with Crippen molar-refractivity contribution < 1.29 is 4.74 Å². The van der Waals surface area contributed by atoms with E-state index in [0.29, 0.717) is 6.04 Å². The summed E-state index contributed by atoms with van der Waals surface area (Å²) in [6.45, 7) is 7.34. The lowest BCUT2D eigenvalue weighted by molar-refractivity contribution is 0.111. The van der Waals surface area contributed by atoms with E-state index in [9.17, 15) is 0 Å². The van der Waals surface area contributed by atoms with Crippen LogP contribution in [0.5, 0.6) is 0 Å². The van der Waals surface area contributed by atoms with Gasteiger partial charge in [0.2, 0.25) is 0 Å².